The summed E-state index contributed by atoms with van der Waals surface area (Å²) in [4.78, 5) is 0. The van der Waals surface area contributed by atoms with Gasteiger partial charge in [0.15, 0.2) is 0 Å². The van der Waals surface area contributed by atoms with E-state index in [1.54, 1.807) is 7.11 Å². The molecule has 0 radical (unpaired) electrons. The van der Waals surface area contributed by atoms with Crippen molar-refractivity contribution in [3.63, 3.8) is 0 Å². The lowest BCUT2D eigenvalue weighted by Gasteiger charge is -2.07. The molecule has 0 aromatic heterocycles. The maximum Gasteiger partial charge on any atom is 0.121 e. The zero-order chi connectivity index (χ0) is 11.1. The summed E-state index contributed by atoms with van der Waals surface area (Å²) >= 11 is 0. The number of methoxy groups -OCH3 is 1. The second kappa shape index (κ2) is 3.27. The first-order valence-corrected chi connectivity index (χ1v) is 5.16. The molecule has 2 rings (SSSR count). The van der Waals surface area contributed by atoms with Crippen LogP contribution in [0.25, 0.3) is 0 Å². The zero-order valence-electron chi connectivity index (χ0n) is 9.37. The van der Waals surface area contributed by atoms with E-state index in [1.165, 1.54) is 5.56 Å². The number of hydrogen-bond donors (Lipinski definition) is 0. The molecule has 2 nitrogen and oxygen atoms in total. The number of aryl methyl sites for hydroxylation is 1. The summed E-state index contributed by atoms with van der Waals surface area (Å²) in [6.45, 7) is 4.06. The van der Waals surface area contributed by atoms with Gasteiger partial charge in [-0.1, -0.05) is 12.1 Å². The Labute approximate surface area is 90.5 Å². The molecule has 0 aliphatic heterocycles. The lowest BCUT2D eigenvalue weighted by Crippen LogP contribution is -1.94. The SMILES string of the molecule is COc1ccc(C2CC2(C)C#N)cc1C. The summed E-state index contributed by atoms with van der Waals surface area (Å²) in [5.41, 5.74) is 2.26. The van der Waals surface area contributed by atoms with Crippen molar-refractivity contribution in [2.45, 2.75) is 26.2 Å². The Kier molecular flexibility index (Phi) is 2.19. The molecule has 2 unspecified atom stereocenters. The van der Waals surface area contributed by atoms with Gasteiger partial charge in [-0.25, -0.2) is 0 Å². The topological polar surface area (TPSA) is 33.0 Å². The van der Waals surface area contributed by atoms with Crippen molar-refractivity contribution in [2.24, 2.45) is 5.41 Å². The van der Waals surface area contributed by atoms with Crippen LogP contribution in [0.1, 0.15) is 30.4 Å². The highest BCUT2D eigenvalue weighted by molar-refractivity contribution is 5.42. The minimum atomic E-state index is -0.138. The average Bonchev–Trinajstić information content (AvgIpc) is 2.92. The van der Waals surface area contributed by atoms with Gasteiger partial charge in [0.05, 0.1) is 18.6 Å². The minimum Gasteiger partial charge on any atom is -0.496 e. The van der Waals surface area contributed by atoms with Crippen molar-refractivity contribution >= 4 is 0 Å². The van der Waals surface area contributed by atoms with Gasteiger partial charge in [-0.3, -0.25) is 0 Å². The number of rotatable bonds is 2. The fourth-order valence-corrected chi connectivity index (χ4v) is 2.09. The van der Waals surface area contributed by atoms with Crippen LogP contribution in [-0.2, 0) is 0 Å². The van der Waals surface area contributed by atoms with E-state index in [0.717, 1.165) is 17.7 Å². The Hall–Kier alpha value is -1.49. The summed E-state index contributed by atoms with van der Waals surface area (Å²) < 4.78 is 5.21. The third kappa shape index (κ3) is 1.59. The monoisotopic (exact) mass is 201 g/mol. The zero-order valence-corrected chi connectivity index (χ0v) is 9.37. The smallest absolute Gasteiger partial charge is 0.121 e. The first kappa shape index (κ1) is 10.0. The maximum atomic E-state index is 8.99. The number of ether oxygens (including phenoxy) is 1. The average molecular weight is 201 g/mol. The van der Waals surface area contributed by atoms with Gasteiger partial charge in [-0.05, 0) is 37.5 Å². The van der Waals surface area contributed by atoms with E-state index in [-0.39, 0.29) is 5.41 Å². The van der Waals surface area contributed by atoms with Gasteiger partial charge >= 0.3 is 0 Å². The second-order valence-corrected chi connectivity index (χ2v) is 4.52. The quantitative estimate of drug-likeness (QED) is 0.736. The van der Waals surface area contributed by atoms with E-state index in [2.05, 4.69) is 18.2 Å². The Bertz CT molecular complexity index is 433. The normalized spacial score (nSPS) is 28.3. The second-order valence-electron chi connectivity index (χ2n) is 4.52. The van der Waals surface area contributed by atoms with Crippen molar-refractivity contribution in [1.82, 2.24) is 0 Å². The first-order chi connectivity index (χ1) is 7.10. The van der Waals surface area contributed by atoms with Crippen LogP contribution >= 0.6 is 0 Å². The van der Waals surface area contributed by atoms with Crippen LogP contribution in [0.15, 0.2) is 18.2 Å². The Morgan fingerprint density at radius 2 is 2.27 bits per heavy atom. The standard InChI is InChI=1S/C13H15NO/c1-9-6-10(4-5-12(9)15-3)11-7-13(11,2)8-14/h4-6,11H,7H2,1-3H3. The predicted octanol–water partition coefficient (Wildman–Crippen LogP) is 3.02. The summed E-state index contributed by atoms with van der Waals surface area (Å²) in [6.07, 6.45) is 0.981. The third-order valence-corrected chi connectivity index (χ3v) is 3.31. The van der Waals surface area contributed by atoms with Gasteiger partial charge in [-0.2, -0.15) is 5.26 Å². The van der Waals surface area contributed by atoms with E-state index in [0.29, 0.717) is 5.92 Å². The molecule has 0 bridgehead atoms. The van der Waals surface area contributed by atoms with Crippen LogP contribution in [0.5, 0.6) is 5.75 Å². The molecule has 1 aliphatic carbocycles. The van der Waals surface area contributed by atoms with E-state index >= 15 is 0 Å². The van der Waals surface area contributed by atoms with E-state index < -0.39 is 0 Å². The van der Waals surface area contributed by atoms with E-state index in [4.69, 9.17) is 10.00 Å². The van der Waals surface area contributed by atoms with Gasteiger partial charge in [0.2, 0.25) is 0 Å². The molecule has 15 heavy (non-hydrogen) atoms. The highest BCUT2D eigenvalue weighted by atomic mass is 16.5. The fourth-order valence-electron chi connectivity index (χ4n) is 2.09. The van der Waals surface area contributed by atoms with Crippen LogP contribution in [0.4, 0.5) is 0 Å². The van der Waals surface area contributed by atoms with Gasteiger partial charge in [0.25, 0.3) is 0 Å². The molecule has 0 spiro atoms. The van der Waals surface area contributed by atoms with Gasteiger partial charge < -0.3 is 4.74 Å². The van der Waals surface area contributed by atoms with Crippen LogP contribution in [0.2, 0.25) is 0 Å². The molecular weight excluding hydrogens is 186 g/mol. The number of hydrogen-bond acceptors (Lipinski definition) is 2. The van der Waals surface area contributed by atoms with E-state index in [1.807, 2.05) is 19.9 Å². The Morgan fingerprint density at radius 1 is 1.53 bits per heavy atom. The van der Waals surface area contributed by atoms with Crippen molar-refractivity contribution in [2.75, 3.05) is 7.11 Å². The van der Waals surface area contributed by atoms with Gasteiger partial charge in [0.1, 0.15) is 5.75 Å². The van der Waals surface area contributed by atoms with Crippen molar-refractivity contribution in [3.8, 4) is 11.8 Å². The van der Waals surface area contributed by atoms with Gasteiger partial charge in [-0.15, -0.1) is 0 Å². The fraction of sp³-hybridized carbons (Fsp3) is 0.462. The summed E-state index contributed by atoms with van der Waals surface area (Å²) in [5.74, 6) is 1.32. The van der Waals surface area contributed by atoms with Gasteiger partial charge in [0, 0.05) is 5.92 Å². The van der Waals surface area contributed by atoms with Crippen molar-refractivity contribution in [1.29, 1.82) is 5.26 Å². The summed E-state index contributed by atoms with van der Waals surface area (Å²) in [5, 5.41) is 8.99. The van der Waals surface area contributed by atoms with Crippen molar-refractivity contribution < 1.29 is 4.74 Å². The lowest BCUT2D eigenvalue weighted by atomic mass is 10.0. The molecule has 78 valence electrons. The number of benzene rings is 1. The third-order valence-electron chi connectivity index (χ3n) is 3.31. The maximum absolute atomic E-state index is 8.99. The molecule has 2 heteroatoms. The highest BCUT2D eigenvalue weighted by Crippen LogP contribution is 2.58. The molecule has 0 heterocycles. The molecule has 1 aromatic rings. The number of nitriles is 1. The highest BCUT2D eigenvalue weighted by Gasteiger charge is 2.51. The van der Waals surface area contributed by atoms with Crippen LogP contribution < -0.4 is 4.74 Å². The number of nitrogens with zero attached hydrogens (tertiary/aromatic N) is 1. The predicted molar refractivity (Wildman–Crippen MR) is 58.8 cm³/mol. The van der Waals surface area contributed by atoms with E-state index in [9.17, 15) is 0 Å². The Balaban J connectivity index is 2.27. The Morgan fingerprint density at radius 3 is 2.73 bits per heavy atom. The molecule has 0 N–H and O–H groups in total. The molecule has 1 saturated carbocycles. The molecule has 1 aromatic carbocycles. The van der Waals surface area contributed by atoms with Crippen molar-refractivity contribution in [3.05, 3.63) is 29.3 Å². The minimum absolute atomic E-state index is 0.138. The van der Waals surface area contributed by atoms with Crippen LogP contribution in [0, 0.1) is 23.7 Å². The summed E-state index contributed by atoms with van der Waals surface area (Å²) in [7, 11) is 1.68. The largest absolute Gasteiger partial charge is 0.496 e. The molecular formula is C13H15NO. The van der Waals surface area contributed by atoms with Crippen LogP contribution in [0.3, 0.4) is 0 Å². The van der Waals surface area contributed by atoms with Crippen LogP contribution in [-0.4, -0.2) is 7.11 Å². The molecule has 0 amide bonds. The first-order valence-electron chi connectivity index (χ1n) is 5.16. The molecule has 1 fully saturated rings. The molecule has 2 atom stereocenters. The summed E-state index contributed by atoms with van der Waals surface area (Å²) in [6, 6.07) is 8.57. The molecule has 1 aliphatic rings. The molecule has 0 saturated heterocycles. The lowest BCUT2D eigenvalue weighted by molar-refractivity contribution is 0.411.